The van der Waals surface area contributed by atoms with Crippen molar-refractivity contribution in [3.8, 4) is 0 Å². The Morgan fingerprint density at radius 1 is 1.19 bits per heavy atom. The van der Waals surface area contributed by atoms with Gasteiger partial charge in [-0.05, 0) is 19.4 Å². The van der Waals surface area contributed by atoms with E-state index in [4.69, 9.17) is 0 Å². The van der Waals surface area contributed by atoms with Gasteiger partial charge in [0.2, 0.25) is 0 Å². The van der Waals surface area contributed by atoms with Crippen LogP contribution in [0.1, 0.15) is 18.1 Å². The highest BCUT2D eigenvalue weighted by molar-refractivity contribution is 7.99. The van der Waals surface area contributed by atoms with Crippen LogP contribution in [-0.4, -0.2) is 24.4 Å². The van der Waals surface area contributed by atoms with E-state index in [9.17, 15) is 9.59 Å². The molecular weight excluding hydrogens is 348 g/mol. The Hall–Kier alpha value is -2.54. The molecule has 0 N–H and O–H groups in total. The van der Waals surface area contributed by atoms with Gasteiger partial charge >= 0.3 is 5.69 Å². The van der Waals surface area contributed by atoms with Crippen molar-refractivity contribution >= 4 is 22.9 Å². The molecule has 1 aromatic carbocycles. The van der Waals surface area contributed by atoms with Crippen LogP contribution in [0.2, 0.25) is 0 Å². The highest BCUT2D eigenvalue weighted by Gasteiger charge is 2.19. The maximum absolute atomic E-state index is 12.8. The number of thioether (sulfide) groups is 1. The zero-order valence-electron chi connectivity index (χ0n) is 15.4. The van der Waals surface area contributed by atoms with E-state index in [0.717, 1.165) is 26.6 Å². The molecule has 2 aromatic heterocycles. The first-order chi connectivity index (χ1) is 12.4. The lowest BCUT2D eigenvalue weighted by Crippen LogP contribution is -2.37. The van der Waals surface area contributed by atoms with E-state index in [-0.39, 0.29) is 11.2 Å². The minimum atomic E-state index is -0.368. The van der Waals surface area contributed by atoms with E-state index in [1.54, 1.807) is 18.8 Å². The predicted molar refractivity (Wildman–Crippen MR) is 106 cm³/mol. The zero-order chi connectivity index (χ0) is 18.8. The largest absolute Gasteiger partial charge is 0.332 e. The number of aryl methyl sites for hydroxylation is 2. The fourth-order valence-corrected chi connectivity index (χ4v) is 3.80. The highest BCUT2D eigenvalue weighted by Crippen LogP contribution is 2.23. The molecule has 6 nitrogen and oxygen atoms in total. The minimum absolute atomic E-state index is 0.318. The molecule has 0 spiro atoms. The molecule has 0 atom stereocenters. The number of nitrogens with zero attached hydrogens (tertiary/aromatic N) is 4. The van der Waals surface area contributed by atoms with Crippen LogP contribution >= 0.6 is 11.8 Å². The number of rotatable bonds is 5. The Bertz CT molecular complexity index is 1110. The van der Waals surface area contributed by atoms with E-state index < -0.39 is 0 Å². The fraction of sp³-hybridized carbons (Fsp3) is 0.316. The van der Waals surface area contributed by atoms with E-state index in [1.807, 2.05) is 48.8 Å². The molecule has 0 saturated carbocycles. The van der Waals surface area contributed by atoms with Crippen LogP contribution in [0.15, 0.2) is 51.2 Å². The van der Waals surface area contributed by atoms with Crippen LogP contribution in [-0.2, 0) is 20.6 Å². The van der Waals surface area contributed by atoms with Crippen molar-refractivity contribution < 1.29 is 0 Å². The number of fused-ring (bicyclic) bond motifs is 1. The molecule has 3 aromatic rings. The molecule has 0 fully saturated rings. The van der Waals surface area contributed by atoms with Gasteiger partial charge in [-0.15, -0.1) is 0 Å². The second-order valence-corrected chi connectivity index (χ2v) is 7.21. The van der Waals surface area contributed by atoms with Gasteiger partial charge in [0.1, 0.15) is 0 Å². The van der Waals surface area contributed by atoms with E-state index in [1.165, 1.54) is 11.6 Å². The van der Waals surface area contributed by atoms with Gasteiger partial charge in [-0.25, -0.2) is 9.78 Å². The van der Waals surface area contributed by atoms with Gasteiger partial charge < -0.3 is 4.57 Å². The Morgan fingerprint density at radius 3 is 2.65 bits per heavy atom. The standard InChI is InChI=1S/C19H22N4O2S/c1-5-6-10-26-18-20-16-15(17(24)22(4)19(25)21(16)3)23(18)12-14-9-7-8-13(2)11-14/h5-9,11H,10,12H2,1-4H3/b6-5+. The normalized spacial score (nSPS) is 11.7. The van der Waals surface area contributed by atoms with Crippen LogP contribution in [0, 0.1) is 6.92 Å². The van der Waals surface area contributed by atoms with E-state index in [0.29, 0.717) is 17.7 Å². The molecule has 0 bridgehead atoms. The first-order valence-electron chi connectivity index (χ1n) is 8.39. The average molecular weight is 370 g/mol. The number of hydrogen-bond acceptors (Lipinski definition) is 4. The van der Waals surface area contributed by atoms with Crippen LogP contribution in [0.25, 0.3) is 11.2 Å². The predicted octanol–water partition coefficient (Wildman–Crippen LogP) is 2.46. The Morgan fingerprint density at radius 2 is 1.96 bits per heavy atom. The van der Waals surface area contributed by atoms with Gasteiger partial charge in [-0.1, -0.05) is 53.7 Å². The third-order valence-corrected chi connectivity index (χ3v) is 5.21. The molecule has 0 radical (unpaired) electrons. The zero-order valence-corrected chi connectivity index (χ0v) is 16.2. The number of imidazole rings is 1. The molecule has 2 heterocycles. The van der Waals surface area contributed by atoms with Gasteiger partial charge in [0.25, 0.3) is 5.56 Å². The lowest BCUT2D eigenvalue weighted by atomic mass is 10.1. The molecule has 0 aliphatic carbocycles. The summed E-state index contributed by atoms with van der Waals surface area (Å²) in [4.78, 5) is 29.6. The summed E-state index contributed by atoms with van der Waals surface area (Å²) in [6, 6.07) is 8.18. The third kappa shape index (κ3) is 3.26. The summed E-state index contributed by atoms with van der Waals surface area (Å²) in [5.74, 6) is 0.752. The Balaban J connectivity index is 2.24. The second kappa shape index (κ2) is 7.37. The van der Waals surface area contributed by atoms with E-state index >= 15 is 0 Å². The smallest absolute Gasteiger partial charge is 0.309 e. The Kier molecular flexibility index (Phi) is 5.18. The Labute approximate surface area is 155 Å². The van der Waals surface area contributed by atoms with Gasteiger partial charge in [0, 0.05) is 19.8 Å². The van der Waals surface area contributed by atoms with E-state index in [2.05, 4.69) is 11.1 Å². The molecule has 136 valence electrons. The van der Waals surface area contributed by atoms with Gasteiger partial charge in [0.05, 0.1) is 6.54 Å². The van der Waals surface area contributed by atoms with Gasteiger partial charge in [0.15, 0.2) is 16.3 Å². The summed E-state index contributed by atoms with van der Waals surface area (Å²) in [6.45, 7) is 4.54. The number of benzene rings is 1. The summed E-state index contributed by atoms with van der Waals surface area (Å²) in [5, 5.41) is 0.734. The van der Waals surface area contributed by atoms with Gasteiger partial charge in [-0.3, -0.25) is 13.9 Å². The lowest BCUT2D eigenvalue weighted by Gasteiger charge is -2.10. The first kappa shape index (κ1) is 18.3. The van der Waals surface area contributed by atoms with Crippen LogP contribution in [0.4, 0.5) is 0 Å². The third-order valence-electron chi connectivity index (χ3n) is 4.28. The molecule has 0 aliphatic rings. The number of aromatic nitrogens is 4. The summed E-state index contributed by atoms with van der Waals surface area (Å²) in [7, 11) is 3.15. The summed E-state index contributed by atoms with van der Waals surface area (Å²) < 4.78 is 4.49. The SMILES string of the molecule is C/C=C/CSc1nc2c(c(=O)n(C)c(=O)n2C)n1Cc1cccc(C)c1. The molecule has 26 heavy (non-hydrogen) atoms. The number of allylic oxidation sites excluding steroid dienone is 1. The van der Waals surface area contributed by atoms with Crippen molar-refractivity contribution in [2.24, 2.45) is 14.1 Å². The molecule has 0 unspecified atom stereocenters. The summed E-state index contributed by atoms with van der Waals surface area (Å²) >= 11 is 1.55. The van der Waals surface area contributed by atoms with Crippen LogP contribution in [0.3, 0.4) is 0 Å². The minimum Gasteiger partial charge on any atom is -0.309 e. The van der Waals surface area contributed by atoms with Crippen LogP contribution < -0.4 is 11.2 Å². The fourth-order valence-electron chi connectivity index (χ4n) is 2.90. The van der Waals surface area contributed by atoms with Crippen molar-refractivity contribution in [3.05, 3.63) is 68.4 Å². The molecule has 0 saturated heterocycles. The quantitative estimate of drug-likeness (QED) is 0.511. The van der Waals surface area contributed by atoms with Crippen molar-refractivity contribution in [2.75, 3.05) is 5.75 Å². The molecule has 7 heteroatoms. The van der Waals surface area contributed by atoms with Gasteiger partial charge in [-0.2, -0.15) is 0 Å². The number of hydrogen-bond donors (Lipinski definition) is 0. The van der Waals surface area contributed by atoms with Crippen molar-refractivity contribution in [3.63, 3.8) is 0 Å². The lowest BCUT2D eigenvalue weighted by molar-refractivity contribution is 0.696. The molecule has 3 rings (SSSR count). The van der Waals surface area contributed by atoms with Crippen molar-refractivity contribution in [1.82, 2.24) is 18.7 Å². The average Bonchev–Trinajstić information content (AvgIpc) is 2.97. The molecule has 0 amide bonds. The summed E-state index contributed by atoms with van der Waals surface area (Å²) in [6.07, 6.45) is 4.02. The maximum Gasteiger partial charge on any atom is 0.332 e. The first-order valence-corrected chi connectivity index (χ1v) is 9.38. The van der Waals surface area contributed by atoms with Crippen LogP contribution in [0.5, 0.6) is 0 Å². The summed E-state index contributed by atoms with van der Waals surface area (Å²) in [5.41, 5.74) is 2.45. The second-order valence-electron chi connectivity index (χ2n) is 6.23. The topological polar surface area (TPSA) is 61.8 Å². The monoisotopic (exact) mass is 370 g/mol. The molecular formula is C19H22N4O2S. The van der Waals surface area contributed by atoms with Crippen molar-refractivity contribution in [2.45, 2.75) is 25.5 Å². The maximum atomic E-state index is 12.8. The molecule has 0 aliphatic heterocycles. The highest BCUT2D eigenvalue weighted by atomic mass is 32.2. The van der Waals surface area contributed by atoms with Crippen molar-refractivity contribution in [1.29, 1.82) is 0 Å².